The fourth-order valence-corrected chi connectivity index (χ4v) is 10.5. The molecule has 2 fully saturated rings. The zero-order valence-corrected chi connectivity index (χ0v) is 20.1. The number of rotatable bonds is 6. The van der Waals surface area contributed by atoms with Crippen LogP contribution in [-0.4, -0.2) is 59.4 Å². The highest BCUT2D eigenvalue weighted by molar-refractivity contribution is 7.96. The van der Waals surface area contributed by atoms with Gasteiger partial charge in [-0.05, 0) is 55.4 Å². The minimum atomic E-state index is -3.93. The molecule has 174 valence electrons. The Morgan fingerprint density at radius 1 is 0.844 bits per heavy atom. The number of piperidine rings is 1. The van der Waals surface area contributed by atoms with Gasteiger partial charge in [0.25, 0.3) is 0 Å². The van der Waals surface area contributed by atoms with Crippen LogP contribution in [0.5, 0.6) is 0 Å². The van der Waals surface area contributed by atoms with Crippen molar-refractivity contribution >= 4 is 29.7 Å². The van der Waals surface area contributed by atoms with Crippen LogP contribution in [0, 0.1) is 5.92 Å². The van der Waals surface area contributed by atoms with Crippen LogP contribution in [0.2, 0.25) is 0 Å². The second kappa shape index (κ2) is 8.89. The Kier molecular flexibility index (Phi) is 6.50. The lowest BCUT2D eigenvalue weighted by atomic mass is 9.91. The molecule has 2 saturated heterocycles. The van der Waals surface area contributed by atoms with E-state index in [0.717, 1.165) is 19.3 Å². The molecule has 7 nitrogen and oxygen atoms in total. The molecule has 2 aromatic rings. The highest BCUT2D eigenvalue weighted by atomic mass is 32.2. The molecule has 2 aromatic carbocycles. The number of benzene rings is 2. The van der Waals surface area contributed by atoms with E-state index in [2.05, 4.69) is 12.1 Å². The molecular weight excluding hydrogens is 470 g/mol. The lowest BCUT2D eigenvalue weighted by Gasteiger charge is -2.31. The van der Waals surface area contributed by atoms with Gasteiger partial charge in [-0.2, -0.15) is 4.31 Å². The van der Waals surface area contributed by atoms with Crippen LogP contribution in [0.25, 0.3) is 0 Å². The molecule has 0 aromatic heterocycles. The van der Waals surface area contributed by atoms with E-state index in [1.54, 1.807) is 0 Å². The number of hydrogen-bond donors (Lipinski definition) is 0. The van der Waals surface area contributed by atoms with Gasteiger partial charge in [0.1, 0.15) is 0 Å². The topological polar surface area (TPSA) is 106 Å². The van der Waals surface area contributed by atoms with E-state index in [0.29, 0.717) is 19.0 Å². The lowest BCUT2D eigenvalue weighted by molar-refractivity contribution is 0.273. The molecule has 0 unspecified atom stereocenters. The number of hydrogen-bond acceptors (Lipinski definition) is 6. The summed E-state index contributed by atoms with van der Waals surface area (Å²) in [6, 6.07) is 15.4. The van der Waals surface area contributed by atoms with E-state index < -0.39 is 40.7 Å². The maximum Gasteiger partial charge on any atom is 0.243 e. The number of sulfonamides is 1. The van der Waals surface area contributed by atoms with Crippen LogP contribution in [0.1, 0.15) is 24.8 Å². The average molecular weight is 498 g/mol. The van der Waals surface area contributed by atoms with Crippen LogP contribution in [-0.2, 0) is 36.1 Å². The SMILES string of the molecule is O=S1(=O)CC[C@@H](S(=O)(=O)c2cccc(S(=O)(=O)N3CCC(Cc4ccccc4)CC3)c2)C1. The highest BCUT2D eigenvalue weighted by Crippen LogP contribution is 2.30. The van der Waals surface area contributed by atoms with Crippen LogP contribution in [0.4, 0.5) is 0 Å². The third-order valence-electron chi connectivity index (χ3n) is 6.34. The first-order valence-corrected chi connectivity index (χ1v) is 15.5. The third-order valence-corrected chi connectivity index (χ3v) is 12.4. The Morgan fingerprint density at radius 3 is 2.12 bits per heavy atom. The Bertz CT molecular complexity index is 1280. The van der Waals surface area contributed by atoms with Gasteiger partial charge in [0, 0.05) is 13.1 Å². The summed E-state index contributed by atoms with van der Waals surface area (Å²) in [6.45, 7) is 0.773. The van der Waals surface area contributed by atoms with Gasteiger partial charge in [-0.3, -0.25) is 0 Å². The fourth-order valence-electron chi connectivity index (χ4n) is 4.46. The first kappa shape index (κ1) is 23.4. The summed E-state index contributed by atoms with van der Waals surface area (Å²) >= 11 is 0. The molecule has 0 radical (unpaired) electrons. The Labute approximate surface area is 190 Å². The molecule has 2 heterocycles. The van der Waals surface area contributed by atoms with Crippen molar-refractivity contribution in [3.63, 3.8) is 0 Å². The predicted octanol–water partition coefficient (Wildman–Crippen LogP) is 2.29. The maximum absolute atomic E-state index is 13.2. The summed E-state index contributed by atoms with van der Waals surface area (Å²) in [7, 11) is -11.1. The quantitative estimate of drug-likeness (QED) is 0.606. The van der Waals surface area contributed by atoms with Crippen molar-refractivity contribution in [1.29, 1.82) is 0 Å². The average Bonchev–Trinajstić information content (AvgIpc) is 3.15. The number of sulfone groups is 2. The maximum atomic E-state index is 13.2. The van der Waals surface area contributed by atoms with Crippen LogP contribution < -0.4 is 0 Å². The predicted molar refractivity (Wildman–Crippen MR) is 122 cm³/mol. The van der Waals surface area contributed by atoms with Crippen LogP contribution in [0.3, 0.4) is 0 Å². The zero-order chi connectivity index (χ0) is 23.0. The molecule has 10 heteroatoms. The lowest BCUT2D eigenvalue weighted by Crippen LogP contribution is -2.39. The van der Waals surface area contributed by atoms with Gasteiger partial charge in [-0.1, -0.05) is 36.4 Å². The first-order chi connectivity index (χ1) is 15.1. The molecule has 32 heavy (non-hydrogen) atoms. The smallest absolute Gasteiger partial charge is 0.229 e. The second-order valence-electron chi connectivity index (χ2n) is 8.58. The van der Waals surface area contributed by atoms with Gasteiger partial charge in [-0.15, -0.1) is 0 Å². The van der Waals surface area contributed by atoms with Crippen molar-refractivity contribution in [1.82, 2.24) is 4.31 Å². The largest absolute Gasteiger partial charge is 0.243 e. The summed E-state index contributed by atoms with van der Waals surface area (Å²) in [6.07, 6.45) is 2.43. The molecule has 1 atom stereocenters. The van der Waals surface area contributed by atoms with Crippen LogP contribution in [0.15, 0.2) is 64.4 Å². The Morgan fingerprint density at radius 2 is 1.50 bits per heavy atom. The monoisotopic (exact) mass is 497 g/mol. The van der Waals surface area contributed by atoms with Gasteiger partial charge in [0.05, 0.1) is 26.5 Å². The van der Waals surface area contributed by atoms with E-state index in [1.165, 1.54) is 34.1 Å². The molecule has 0 saturated carbocycles. The first-order valence-electron chi connectivity index (χ1n) is 10.7. The van der Waals surface area contributed by atoms with Crippen molar-refractivity contribution < 1.29 is 25.3 Å². The van der Waals surface area contributed by atoms with Gasteiger partial charge in [0.2, 0.25) is 10.0 Å². The second-order valence-corrected chi connectivity index (χ2v) is 15.0. The summed E-state index contributed by atoms with van der Waals surface area (Å²) in [5.74, 6) is -0.173. The molecule has 0 bridgehead atoms. The van der Waals surface area contributed by atoms with E-state index in [4.69, 9.17) is 0 Å². The Balaban J connectivity index is 1.48. The summed E-state index contributed by atoms with van der Waals surface area (Å²) in [4.78, 5) is -0.208. The zero-order valence-electron chi connectivity index (χ0n) is 17.6. The highest BCUT2D eigenvalue weighted by Gasteiger charge is 2.38. The molecule has 2 aliphatic rings. The van der Waals surface area contributed by atoms with Crippen molar-refractivity contribution in [3.05, 3.63) is 60.2 Å². The van der Waals surface area contributed by atoms with Gasteiger partial charge in [-0.25, -0.2) is 25.3 Å². The van der Waals surface area contributed by atoms with Gasteiger partial charge in [0.15, 0.2) is 19.7 Å². The van der Waals surface area contributed by atoms with Crippen molar-refractivity contribution in [2.45, 2.75) is 40.7 Å². The molecule has 0 N–H and O–H groups in total. The summed E-state index contributed by atoms with van der Waals surface area (Å²) in [5.41, 5.74) is 1.24. The standard InChI is InChI=1S/C22H27NO6S3/c24-30(25)14-11-22(17-30)31(26,27)20-7-4-8-21(16-20)32(28,29)23-12-9-19(10-13-23)15-18-5-2-1-3-6-18/h1-8,16,19,22H,9-15,17H2/t22-/m1/s1. The van der Waals surface area contributed by atoms with Crippen molar-refractivity contribution in [2.75, 3.05) is 24.6 Å². The third kappa shape index (κ3) is 4.93. The molecule has 0 spiro atoms. The van der Waals surface area contributed by atoms with Crippen LogP contribution >= 0.6 is 0 Å². The normalized spacial score (nSPS) is 22.7. The Hall–Kier alpha value is -1.75. The van der Waals surface area contributed by atoms with E-state index >= 15 is 0 Å². The van der Waals surface area contributed by atoms with E-state index in [-0.39, 0.29) is 22.0 Å². The van der Waals surface area contributed by atoms with Gasteiger partial charge >= 0.3 is 0 Å². The van der Waals surface area contributed by atoms with Gasteiger partial charge < -0.3 is 0 Å². The molecule has 0 aliphatic carbocycles. The van der Waals surface area contributed by atoms with Crippen molar-refractivity contribution in [3.8, 4) is 0 Å². The van der Waals surface area contributed by atoms with Crippen molar-refractivity contribution in [2.24, 2.45) is 5.92 Å². The minimum Gasteiger partial charge on any atom is -0.229 e. The molecular formula is C22H27NO6S3. The molecule has 4 rings (SSSR count). The molecule has 2 aliphatic heterocycles. The van der Waals surface area contributed by atoms with E-state index in [1.807, 2.05) is 18.2 Å². The molecule has 0 amide bonds. The van der Waals surface area contributed by atoms with E-state index in [9.17, 15) is 25.3 Å². The minimum absolute atomic E-state index is 0.0383. The fraction of sp³-hybridized carbons (Fsp3) is 0.455. The number of nitrogens with zero attached hydrogens (tertiary/aromatic N) is 1. The summed E-state index contributed by atoms with van der Waals surface area (Å²) < 4.78 is 77.1. The summed E-state index contributed by atoms with van der Waals surface area (Å²) in [5, 5.41) is -1.03.